The summed E-state index contributed by atoms with van der Waals surface area (Å²) in [7, 11) is 0. The van der Waals surface area contributed by atoms with Crippen molar-refractivity contribution in [2.24, 2.45) is 5.92 Å². The summed E-state index contributed by atoms with van der Waals surface area (Å²) in [6.45, 7) is 7.08. The van der Waals surface area contributed by atoms with E-state index in [-0.39, 0.29) is 30.0 Å². The molecule has 0 aliphatic heterocycles. The van der Waals surface area contributed by atoms with Gasteiger partial charge in [0.2, 0.25) is 11.8 Å². The number of carbonyl (C=O) groups excluding carboxylic acids is 2. The van der Waals surface area contributed by atoms with Gasteiger partial charge in [0.05, 0.1) is 5.69 Å². The summed E-state index contributed by atoms with van der Waals surface area (Å²) < 4.78 is 1.08. The van der Waals surface area contributed by atoms with E-state index in [0.717, 1.165) is 21.4 Å². The summed E-state index contributed by atoms with van der Waals surface area (Å²) in [4.78, 5) is 37.8. The molecule has 7 nitrogen and oxygen atoms in total. The van der Waals surface area contributed by atoms with Crippen LogP contribution in [-0.4, -0.2) is 21.6 Å². The highest BCUT2D eigenvalue weighted by Gasteiger charge is 2.16. The second-order valence-corrected chi connectivity index (χ2v) is 7.78. The Balaban J connectivity index is 1.94. The van der Waals surface area contributed by atoms with Crippen molar-refractivity contribution in [1.82, 2.24) is 9.78 Å². The Kier molecular flexibility index (Phi) is 6.65. The van der Waals surface area contributed by atoms with Crippen LogP contribution in [0.4, 0.5) is 11.4 Å². The van der Waals surface area contributed by atoms with Gasteiger partial charge in [-0.15, -0.1) is 0 Å². The van der Waals surface area contributed by atoms with E-state index in [0.29, 0.717) is 11.4 Å². The maximum atomic E-state index is 12.9. The van der Waals surface area contributed by atoms with E-state index in [1.54, 1.807) is 13.8 Å². The van der Waals surface area contributed by atoms with Gasteiger partial charge in [-0.25, -0.2) is 4.68 Å². The van der Waals surface area contributed by atoms with Gasteiger partial charge in [0, 0.05) is 17.2 Å². The molecule has 0 atom stereocenters. The molecule has 160 valence electrons. The van der Waals surface area contributed by atoms with E-state index >= 15 is 0 Å². The van der Waals surface area contributed by atoms with Crippen LogP contribution < -0.4 is 16.2 Å². The number of nitrogens with zero attached hydrogens (tertiary/aromatic N) is 2. The molecular formula is C24H26N4O3. The van der Waals surface area contributed by atoms with Gasteiger partial charge in [-0.1, -0.05) is 61.9 Å². The molecule has 0 fully saturated rings. The molecule has 0 unspecified atom stereocenters. The standard InChI is InChI=1S/C24H26N4O3/c1-15(2)23(30)26-21-13-20(18-8-6-5-7-9-18)27-28(24(21)31)14-22(29)25-19-11-10-16(3)12-17(19)4/h5-13,15H,14H2,1-4H3,(H,25,29)(H,26,30). The van der Waals surface area contributed by atoms with Crippen molar-refractivity contribution in [2.45, 2.75) is 34.2 Å². The Bertz CT molecular complexity index is 1170. The molecular weight excluding hydrogens is 392 g/mol. The fourth-order valence-electron chi connectivity index (χ4n) is 3.05. The van der Waals surface area contributed by atoms with Crippen molar-refractivity contribution < 1.29 is 9.59 Å². The van der Waals surface area contributed by atoms with E-state index in [2.05, 4.69) is 15.7 Å². The van der Waals surface area contributed by atoms with Crippen molar-refractivity contribution in [3.8, 4) is 11.3 Å². The molecule has 31 heavy (non-hydrogen) atoms. The zero-order valence-corrected chi connectivity index (χ0v) is 18.1. The van der Waals surface area contributed by atoms with E-state index < -0.39 is 5.56 Å². The van der Waals surface area contributed by atoms with Gasteiger partial charge in [0.25, 0.3) is 5.56 Å². The predicted octanol–water partition coefficient (Wildman–Crippen LogP) is 3.76. The minimum absolute atomic E-state index is 0.0897. The Hall–Kier alpha value is -3.74. The highest BCUT2D eigenvalue weighted by Crippen LogP contribution is 2.19. The second-order valence-electron chi connectivity index (χ2n) is 7.78. The van der Waals surface area contributed by atoms with Crippen LogP contribution in [-0.2, 0) is 16.1 Å². The summed E-state index contributed by atoms with van der Waals surface area (Å²) in [5.41, 5.74) is 3.50. The number of carbonyl (C=O) groups is 2. The molecule has 0 radical (unpaired) electrons. The molecule has 0 spiro atoms. The van der Waals surface area contributed by atoms with Crippen LogP contribution in [0.3, 0.4) is 0 Å². The molecule has 3 rings (SSSR count). The molecule has 1 aromatic heterocycles. The number of nitrogens with one attached hydrogen (secondary N) is 2. The number of anilines is 2. The SMILES string of the molecule is Cc1ccc(NC(=O)Cn2nc(-c3ccccc3)cc(NC(=O)C(C)C)c2=O)c(C)c1. The largest absolute Gasteiger partial charge is 0.324 e. The highest BCUT2D eigenvalue weighted by atomic mass is 16.2. The highest BCUT2D eigenvalue weighted by molar-refractivity contribution is 5.93. The zero-order valence-electron chi connectivity index (χ0n) is 18.1. The average molecular weight is 418 g/mol. The third kappa shape index (κ3) is 5.45. The number of hydrogen-bond acceptors (Lipinski definition) is 4. The van der Waals surface area contributed by atoms with Gasteiger partial charge in [-0.2, -0.15) is 5.10 Å². The molecule has 0 bridgehead atoms. The van der Waals surface area contributed by atoms with Crippen molar-refractivity contribution in [3.05, 3.63) is 76.1 Å². The fourth-order valence-corrected chi connectivity index (χ4v) is 3.05. The summed E-state index contributed by atoms with van der Waals surface area (Å²) in [6, 6.07) is 16.5. The second kappa shape index (κ2) is 9.38. The first-order chi connectivity index (χ1) is 14.7. The lowest BCUT2D eigenvalue weighted by molar-refractivity contribution is -0.119. The lowest BCUT2D eigenvalue weighted by Crippen LogP contribution is -2.33. The Morgan fingerprint density at radius 1 is 0.968 bits per heavy atom. The smallest absolute Gasteiger partial charge is 0.291 e. The van der Waals surface area contributed by atoms with Crippen molar-refractivity contribution >= 4 is 23.2 Å². The molecule has 2 amide bonds. The Morgan fingerprint density at radius 3 is 2.32 bits per heavy atom. The summed E-state index contributed by atoms with van der Waals surface area (Å²) >= 11 is 0. The third-order valence-electron chi connectivity index (χ3n) is 4.78. The average Bonchev–Trinajstić information content (AvgIpc) is 2.73. The lowest BCUT2D eigenvalue weighted by atomic mass is 10.1. The number of benzene rings is 2. The van der Waals surface area contributed by atoms with Gasteiger partial charge >= 0.3 is 0 Å². The molecule has 0 aliphatic carbocycles. The maximum absolute atomic E-state index is 12.9. The molecule has 0 saturated heterocycles. The van der Waals surface area contributed by atoms with Gasteiger partial charge in [0.15, 0.2) is 0 Å². The van der Waals surface area contributed by atoms with Crippen molar-refractivity contribution in [1.29, 1.82) is 0 Å². The van der Waals surface area contributed by atoms with Gasteiger partial charge in [0.1, 0.15) is 12.2 Å². The lowest BCUT2D eigenvalue weighted by Gasteiger charge is -2.13. The molecule has 2 aromatic carbocycles. The van der Waals surface area contributed by atoms with Crippen LogP contribution in [0.1, 0.15) is 25.0 Å². The Labute approximate surface area is 181 Å². The summed E-state index contributed by atoms with van der Waals surface area (Å²) in [5.74, 6) is -0.963. The van der Waals surface area contributed by atoms with Gasteiger partial charge < -0.3 is 10.6 Å². The number of aromatic nitrogens is 2. The zero-order chi connectivity index (χ0) is 22.5. The number of amides is 2. The predicted molar refractivity (Wildman–Crippen MR) is 122 cm³/mol. The minimum Gasteiger partial charge on any atom is -0.324 e. The summed E-state index contributed by atoms with van der Waals surface area (Å²) in [5, 5.41) is 9.84. The van der Waals surface area contributed by atoms with Crippen molar-refractivity contribution in [3.63, 3.8) is 0 Å². The number of aryl methyl sites for hydroxylation is 2. The fraction of sp³-hybridized carbons (Fsp3) is 0.250. The van der Waals surface area contributed by atoms with Crippen molar-refractivity contribution in [2.75, 3.05) is 10.6 Å². The van der Waals surface area contributed by atoms with Crippen LogP contribution in [0.2, 0.25) is 0 Å². The first-order valence-electron chi connectivity index (χ1n) is 10.1. The van der Waals surface area contributed by atoms with Crippen LogP contribution in [0, 0.1) is 19.8 Å². The molecule has 0 saturated carbocycles. The van der Waals surface area contributed by atoms with Crippen LogP contribution in [0.5, 0.6) is 0 Å². The topological polar surface area (TPSA) is 93.1 Å². The molecule has 1 heterocycles. The molecule has 7 heteroatoms. The molecule has 2 N–H and O–H groups in total. The maximum Gasteiger partial charge on any atom is 0.291 e. The quantitative estimate of drug-likeness (QED) is 0.637. The van der Waals surface area contributed by atoms with Crippen LogP contribution in [0.15, 0.2) is 59.4 Å². The monoisotopic (exact) mass is 418 g/mol. The molecule has 0 aliphatic rings. The first kappa shape index (κ1) is 22.0. The van der Waals surface area contributed by atoms with Crippen LogP contribution >= 0.6 is 0 Å². The van der Waals surface area contributed by atoms with E-state index in [4.69, 9.17) is 0 Å². The van der Waals surface area contributed by atoms with E-state index in [1.165, 1.54) is 6.07 Å². The Morgan fingerprint density at radius 2 is 1.68 bits per heavy atom. The normalized spacial score (nSPS) is 10.7. The number of rotatable bonds is 6. The van der Waals surface area contributed by atoms with Gasteiger partial charge in [-0.05, 0) is 31.5 Å². The third-order valence-corrected chi connectivity index (χ3v) is 4.78. The number of hydrogen-bond donors (Lipinski definition) is 2. The minimum atomic E-state index is -0.538. The summed E-state index contributed by atoms with van der Waals surface area (Å²) in [6.07, 6.45) is 0. The van der Waals surface area contributed by atoms with Crippen LogP contribution in [0.25, 0.3) is 11.3 Å². The first-order valence-corrected chi connectivity index (χ1v) is 10.1. The van der Waals surface area contributed by atoms with E-state index in [9.17, 15) is 14.4 Å². The van der Waals surface area contributed by atoms with Gasteiger partial charge in [-0.3, -0.25) is 14.4 Å². The molecule has 3 aromatic rings. The van der Waals surface area contributed by atoms with E-state index in [1.807, 2.05) is 62.4 Å².